The molecule has 0 saturated carbocycles. The smallest absolute Gasteiger partial charge is 0.187 e. The molecule has 4 nitrogen and oxygen atoms in total. The fourth-order valence-electron chi connectivity index (χ4n) is 1.21. The Morgan fingerprint density at radius 1 is 1.44 bits per heavy atom. The zero-order valence-corrected chi connectivity index (χ0v) is 9.93. The van der Waals surface area contributed by atoms with Crippen LogP contribution in [-0.2, 0) is 0 Å². The van der Waals surface area contributed by atoms with E-state index in [9.17, 15) is 0 Å². The lowest BCUT2D eigenvalue weighted by Crippen LogP contribution is -1.94. The number of nitrogens with zero attached hydrogens (tertiary/aromatic N) is 3. The maximum absolute atomic E-state index is 8.80. The number of aromatic nitrogens is 2. The maximum atomic E-state index is 8.80. The van der Waals surface area contributed by atoms with E-state index in [0.717, 1.165) is 23.0 Å². The van der Waals surface area contributed by atoms with Crippen LogP contribution >= 0.6 is 23.3 Å². The quantitative estimate of drug-likeness (QED) is 0.890. The van der Waals surface area contributed by atoms with Gasteiger partial charge >= 0.3 is 0 Å². The fraction of sp³-hybridized carbons (Fsp3) is 0.100. The Morgan fingerprint density at radius 3 is 2.88 bits per heavy atom. The van der Waals surface area contributed by atoms with Crippen LogP contribution in [0, 0.1) is 18.3 Å². The first-order chi connectivity index (χ1) is 7.70. The van der Waals surface area contributed by atoms with Crippen molar-refractivity contribution >= 4 is 34.8 Å². The highest BCUT2D eigenvalue weighted by Gasteiger charge is 2.07. The number of rotatable bonds is 2. The molecule has 1 heterocycles. The molecule has 0 bridgehead atoms. The van der Waals surface area contributed by atoms with Gasteiger partial charge in [0.1, 0.15) is 0 Å². The first-order valence-electron chi connectivity index (χ1n) is 4.46. The Kier molecular flexibility index (Phi) is 3.04. The van der Waals surface area contributed by atoms with Crippen LogP contribution in [0.3, 0.4) is 0 Å². The number of nitrogens with one attached hydrogen (secondary N) is 1. The van der Waals surface area contributed by atoms with Crippen LogP contribution in [-0.4, -0.2) is 8.75 Å². The van der Waals surface area contributed by atoms with Gasteiger partial charge in [0.25, 0.3) is 0 Å². The van der Waals surface area contributed by atoms with E-state index >= 15 is 0 Å². The van der Waals surface area contributed by atoms with E-state index in [1.54, 1.807) is 12.1 Å². The van der Waals surface area contributed by atoms with E-state index in [0.29, 0.717) is 16.5 Å². The number of anilines is 2. The zero-order valence-electron chi connectivity index (χ0n) is 8.36. The molecule has 1 aromatic heterocycles. The van der Waals surface area contributed by atoms with E-state index in [1.807, 2.05) is 13.0 Å². The predicted molar refractivity (Wildman–Crippen MR) is 64.1 cm³/mol. The molecular formula is C10H7ClN4S. The third kappa shape index (κ3) is 2.13. The highest BCUT2D eigenvalue weighted by molar-refractivity contribution is 6.99. The topological polar surface area (TPSA) is 61.6 Å². The Morgan fingerprint density at radius 2 is 2.25 bits per heavy atom. The van der Waals surface area contributed by atoms with Gasteiger partial charge in [-0.3, -0.25) is 0 Å². The zero-order chi connectivity index (χ0) is 11.5. The molecule has 0 amide bonds. The Labute approximate surface area is 102 Å². The molecule has 1 aromatic carbocycles. The lowest BCUT2D eigenvalue weighted by Gasteiger charge is -2.06. The normalized spacial score (nSPS) is 9.81. The van der Waals surface area contributed by atoms with Crippen molar-refractivity contribution < 1.29 is 0 Å². The standard InChI is InChI=1S/C10H7ClN4S/c1-6-2-3-7(5-12)4-8(6)13-10-9(11)14-16-15-10/h2-4H,1H3,(H,13,15). The Hall–Kier alpha value is -1.64. The van der Waals surface area contributed by atoms with E-state index < -0.39 is 0 Å². The van der Waals surface area contributed by atoms with Crippen molar-refractivity contribution in [3.8, 4) is 6.07 Å². The molecule has 0 fully saturated rings. The van der Waals surface area contributed by atoms with Crippen LogP contribution in [0.4, 0.5) is 11.5 Å². The second-order valence-electron chi connectivity index (χ2n) is 3.17. The van der Waals surface area contributed by atoms with Gasteiger partial charge in [0.05, 0.1) is 23.4 Å². The van der Waals surface area contributed by atoms with Crippen molar-refractivity contribution in [2.24, 2.45) is 0 Å². The van der Waals surface area contributed by atoms with Gasteiger partial charge in [-0.2, -0.15) is 14.0 Å². The van der Waals surface area contributed by atoms with Crippen molar-refractivity contribution in [2.45, 2.75) is 6.92 Å². The van der Waals surface area contributed by atoms with Crippen molar-refractivity contribution in [2.75, 3.05) is 5.32 Å². The van der Waals surface area contributed by atoms with Gasteiger partial charge in [-0.05, 0) is 24.6 Å². The fourth-order valence-corrected chi connectivity index (χ4v) is 1.85. The first kappa shape index (κ1) is 10.9. The van der Waals surface area contributed by atoms with Gasteiger partial charge in [0, 0.05) is 5.69 Å². The average molecular weight is 251 g/mol. The highest BCUT2D eigenvalue weighted by atomic mass is 35.5. The minimum atomic E-state index is 0.340. The average Bonchev–Trinajstić information content (AvgIpc) is 2.68. The van der Waals surface area contributed by atoms with Crippen molar-refractivity contribution in [1.29, 1.82) is 5.26 Å². The molecule has 0 aliphatic heterocycles. The van der Waals surface area contributed by atoms with E-state index in [1.165, 1.54) is 0 Å². The van der Waals surface area contributed by atoms with E-state index in [4.69, 9.17) is 16.9 Å². The second kappa shape index (κ2) is 4.47. The SMILES string of the molecule is Cc1ccc(C#N)cc1Nc1nsnc1Cl. The van der Waals surface area contributed by atoms with Gasteiger partial charge in [-0.15, -0.1) is 0 Å². The minimum absolute atomic E-state index is 0.340. The Bertz CT molecular complexity index is 558. The largest absolute Gasteiger partial charge is 0.336 e. The first-order valence-corrected chi connectivity index (χ1v) is 5.57. The molecule has 0 atom stereocenters. The second-order valence-corrected chi connectivity index (χ2v) is 4.06. The summed E-state index contributed by atoms with van der Waals surface area (Å²) in [6.07, 6.45) is 0. The summed E-state index contributed by atoms with van der Waals surface area (Å²) in [5, 5.41) is 12.2. The number of hydrogen-bond acceptors (Lipinski definition) is 5. The number of halogens is 1. The Balaban J connectivity index is 2.35. The third-order valence-electron chi connectivity index (χ3n) is 2.07. The van der Waals surface area contributed by atoms with Crippen molar-refractivity contribution in [1.82, 2.24) is 8.75 Å². The van der Waals surface area contributed by atoms with Crippen LogP contribution in [0.25, 0.3) is 0 Å². The molecule has 0 aliphatic rings. The van der Waals surface area contributed by atoms with Crippen LogP contribution in [0.15, 0.2) is 18.2 Å². The molecule has 0 spiro atoms. The molecule has 0 radical (unpaired) electrons. The summed E-state index contributed by atoms with van der Waals surface area (Å²) in [4.78, 5) is 0. The molecule has 0 unspecified atom stereocenters. The highest BCUT2D eigenvalue weighted by Crippen LogP contribution is 2.25. The lowest BCUT2D eigenvalue weighted by atomic mass is 10.1. The van der Waals surface area contributed by atoms with Gasteiger partial charge in [0.15, 0.2) is 11.0 Å². The number of nitriles is 1. The maximum Gasteiger partial charge on any atom is 0.187 e. The molecule has 0 saturated heterocycles. The van der Waals surface area contributed by atoms with Crippen LogP contribution < -0.4 is 5.32 Å². The molecule has 2 rings (SSSR count). The summed E-state index contributed by atoms with van der Waals surface area (Å²) < 4.78 is 7.87. The summed E-state index contributed by atoms with van der Waals surface area (Å²) in [7, 11) is 0. The molecule has 80 valence electrons. The minimum Gasteiger partial charge on any atom is -0.336 e. The van der Waals surface area contributed by atoms with Crippen LogP contribution in [0.5, 0.6) is 0 Å². The molecule has 0 aliphatic carbocycles. The van der Waals surface area contributed by atoms with Crippen molar-refractivity contribution in [3.05, 3.63) is 34.5 Å². The molecule has 16 heavy (non-hydrogen) atoms. The third-order valence-corrected chi connectivity index (χ3v) is 2.96. The summed E-state index contributed by atoms with van der Waals surface area (Å²) in [6.45, 7) is 1.94. The molecule has 6 heteroatoms. The van der Waals surface area contributed by atoms with Crippen LogP contribution in [0.2, 0.25) is 5.15 Å². The summed E-state index contributed by atoms with van der Waals surface area (Å²) in [5.74, 6) is 0.518. The lowest BCUT2D eigenvalue weighted by molar-refractivity contribution is 1.38. The number of hydrogen-bond donors (Lipinski definition) is 1. The van der Waals surface area contributed by atoms with Gasteiger partial charge in [-0.1, -0.05) is 17.7 Å². The van der Waals surface area contributed by atoms with Gasteiger partial charge < -0.3 is 5.32 Å². The summed E-state index contributed by atoms with van der Waals surface area (Å²) >= 11 is 6.87. The molecule has 2 aromatic rings. The monoisotopic (exact) mass is 250 g/mol. The van der Waals surface area contributed by atoms with E-state index in [-0.39, 0.29) is 0 Å². The van der Waals surface area contributed by atoms with Gasteiger partial charge in [0.2, 0.25) is 0 Å². The van der Waals surface area contributed by atoms with Crippen molar-refractivity contribution in [3.63, 3.8) is 0 Å². The van der Waals surface area contributed by atoms with Gasteiger partial charge in [-0.25, -0.2) is 0 Å². The molecular weight excluding hydrogens is 244 g/mol. The number of aryl methyl sites for hydroxylation is 1. The van der Waals surface area contributed by atoms with Crippen LogP contribution in [0.1, 0.15) is 11.1 Å². The van der Waals surface area contributed by atoms with E-state index in [2.05, 4.69) is 20.1 Å². The summed E-state index contributed by atoms with van der Waals surface area (Å²) in [5.41, 5.74) is 2.42. The summed E-state index contributed by atoms with van der Waals surface area (Å²) in [6, 6.07) is 7.47. The molecule has 1 N–H and O–H groups in total. The number of benzene rings is 1. The predicted octanol–water partition coefficient (Wildman–Crippen LogP) is 3.12.